The molecule has 4 rings (SSSR count). The summed E-state index contributed by atoms with van der Waals surface area (Å²) in [5.41, 5.74) is 2.89. The maximum absolute atomic E-state index is 13.4. The number of nitrogens with zero attached hydrogens (tertiary/aromatic N) is 1. The van der Waals surface area contributed by atoms with Gasteiger partial charge < -0.3 is 8.92 Å². The van der Waals surface area contributed by atoms with Gasteiger partial charge in [0.2, 0.25) is 0 Å². The Morgan fingerprint density at radius 1 is 0.949 bits per heavy atom. The number of barbiturate groups is 1. The molecule has 3 aromatic carbocycles. The van der Waals surface area contributed by atoms with E-state index in [4.69, 9.17) is 8.92 Å². The summed E-state index contributed by atoms with van der Waals surface area (Å²) in [6, 6.07) is 13.7. The van der Waals surface area contributed by atoms with Gasteiger partial charge in [0.15, 0.2) is 11.5 Å². The lowest BCUT2D eigenvalue weighted by Gasteiger charge is -2.28. The first-order valence-corrected chi connectivity index (χ1v) is 14.4. The highest BCUT2D eigenvalue weighted by atomic mass is 127. The van der Waals surface area contributed by atoms with E-state index >= 15 is 0 Å². The van der Waals surface area contributed by atoms with Crippen LogP contribution in [-0.4, -0.2) is 32.9 Å². The summed E-state index contributed by atoms with van der Waals surface area (Å²) in [7, 11) is -4.17. The summed E-state index contributed by atoms with van der Waals surface area (Å²) < 4.78 is 37.4. The maximum atomic E-state index is 13.4. The average molecular weight is 660 g/mol. The normalized spacial score (nSPS) is 14.9. The standard InChI is InChI=1S/C28H25IN2O7S/c1-5-37-24-15-19(14-22(29)25(24)38-39(35,36)20-10-7-16(2)8-11-20)13-21-26(32)30-28(34)31(27(21)33)23-12-17(3)6-9-18(23)4/h6-15H,5H2,1-4H3,(H,30,32,34)/b21-13+. The molecular weight excluding hydrogens is 635 g/mol. The SMILES string of the molecule is CCOc1cc(/C=C2\C(=O)NC(=O)N(c3cc(C)ccc3C)C2=O)cc(I)c1OS(=O)(=O)c1ccc(C)cc1. The summed E-state index contributed by atoms with van der Waals surface area (Å²) in [5, 5.41) is 2.22. The Labute approximate surface area is 240 Å². The van der Waals surface area contributed by atoms with Crippen LogP contribution in [0.15, 0.2) is 65.1 Å². The minimum absolute atomic E-state index is 0.0155. The lowest BCUT2D eigenvalue weighted by molar-refractivity contribution is -0.122. The van der Waals surface area contributed by atoms with Crippen LogP contribution < -0.4 is 19.1 Å². The molecule has 0 aromatic heterocycles. The summed E-state index contributed by atoms with van der Waals surface area (Å²) in [4.78, 5) is 39.6. The van der Waals surface area contributed by atoms with E-state index in [1.165, 1.54) is 24.3 Å². The van der Waals surface area contributed by atoms with Gasteiger partial charge in [-0.05, 0) is 103 Å². The molecule has 11 heteroatoms. The van der Waals surface area contributed by atoms with Crippen LogP contribution in [0.4, 0.5) is 10.5 Å². The average Bonchev–Trinajstić information content (AvgIpc) is 2.86. The van der Waals surface area contributed by atoms with Gasteiger partial charge in [-0.3, -0.25) is 14.9 Å². The largest absolute Gasteiger partial charge is 0.490 e. The molecule has 202 valence electrons. The predicted octanol–water partition coefficient (Wildman–Crippen LogP) is 5.05. The van der Waals surface area contributed by atoms with Gasteiger partial charge in [-0.25, -0.2) is 9.69 Å². The lowest BCUT2D eigenvalue weighted by Crippen LogP contribution is -2.54. The van der Waals surface area contributed by atoms with Gasteiger partial charge in [0.1, 0.15) is 10.5 Å². The number of nitrogens with one attached hydrogen (secondary N) is 1. The van der Waals surface area contributed by atoms with Crippen molar-refractivity contribution >= 4 is 62.3 Å². The van der Waals surface area contributed by atoms with Crippen molar-refractivity contribution in [1.82, 2.24) is 5.32 Å². The van der Waals surface area contributed by atoms with Crippen LogP contribution in [0, 0.1) is 24.3 Å². The van der Waals surface area contributed by atoms with Gasteiger partial charge in [-0.2, -0.15) is 8.42 Å². The molecule has 1 aliphatic heterocycles. The third kappa shape index (κ3) is 5.98. The Kier molecular flexibility index (Phi) is 8.12. The number of carbonyl (C=O) groups excluding carboxylic acids is 3. The zero-order valence-corrected chi connectivity index (χ0v) is 24.5. The second-order valence-corrected chi connectivity index (χ2v) is 11.6. The Balaban J connectivity index is 1.74. The number of anilines is 1. The fourth-order valence-electron chi connectivity index (χ4n) is 3.88. The highest BCUT2D eigenvalue weighted by Gasteiger charge is 2.37. The molecule has 3 aromatic rings. The van der Waals surface area contributed by atoms with Crippen LogP contribution in [-0.2, 0) is 19.7 Å². The molecule has 0 aliphatic carbocycles. The molecule has 39 heavy (non-hydrogen) atoms. The summed E-state index contributed by atoms with van der Waals surface area (Å²) in [6.07, 6.45) is 1.32. The Bertz CT molecular complexity index is 1630. The number of carbonyl (C=O) groups is 3. The van der Waals surface area contributed by atoms with Crippen molar-refractivity contribution in [3.63, 3.8) is 0 Å². The van der Waals surface area contributed by atoms with E-state index in [1.807, 2.05) is 42.5 Å². The number of hydrogen-bond acceptors (Lipinski definition) is 7. The number of ether oxygens (including phenoxy) is 1. The second kappa shape index (κ2) is 11.2. The third-order valence-corrected chi connectivity index (χ3v) is 7.89. The fourth-order valence-corrected chi connectivity index (χ4v) is 5.72. The van der Waals surface area contributed by atoms with Crippen LogP contribution in [0.2, 0.25) is 0 Å². The Morgan fingerprint density at radius 2 is 1.62 bits per heavy atom. The molecule has 1 N–H and O–H groups in total. The van der Waals surface area contributed by atoms with Crippen molar-refractivity contribution in [2.45, 2.75) is 32.6 Å². The van der Waals surface area contributed by atoms with Crippen molar-refractivity contribution < 1.29 is 31.7 Å². The number of imide groups is 2. The van der Waals surface area contributed by atoms with Crippen molar-refractivity contribution in [1.29, 1.82) is 0 Å². The van der Waals surface area contributed by atoms with Crippen LogP contribution in [0.5, 0.6) is 11.5 Å². The second-order valence-electron chi connectivity index (χ2n) is 8.86. The number of urea groups is 1. The molecule has 0 unspecified atom stereocenters. The number of hydrogen-bond donors (Lipinski definition) is 1. The topological polar surface area (TPSA) is 119 Å². The Hall–Kier alpha value is -3.71. The molecule has 0 radical (unpaired) electrons. The van der Waals surface area contributed by atoms with Crippen molar-refractivity contribution in [3.05, 3.63) is 86.0 Å². The highest BCUT2D eigenvalue weighted by molar-refractivity contribution is 14.1. The monoisotopic (exact) mass is 660 g/mol. The van der Waals surface area contributed by atoms with Gasteiger partial charge in [-0.15, -0.1) is 0 Å². The number of aryl methyl sites for hydroxylation is 3. The third-order valence-electron chi connectivity index (χ3n) is 5.85. The molecule has 1 heterocycles. The van der Waals surface area contributed by atoms with Crippen molar-refractivity contribution in [3.8, 4) is 11.5 Å². The number of rotatable bonds is 7. The van der Waals surface area contributed by atoms with E-state index in [1.54, 1.807) is 44.2 Å². The van der Waals surface area contributed by atoms with Gasteiger partial charge in [0, 0.05) is 0 Å². The summed E-state index contributed by atoms with van der Waals surface area (Å²) >= 11 is 1.90. The minimum atomic E-state index is -4.17. The van der Waals surface area contributed by atoms with Crippen LogP contribution in [0.3, 0.4) is 0 Å². The van der Waals surface area contributed by atoms with Crippen molar-refractivity contribution in [2.75, 3.05) is 11.5 Å². The maximum Gasteiger partial charge on any atom is 0.339 e. The molecule has 0 atom stereocenters. The van der Waals surface area contributed by atoms with Crippen LogP contribution in [0.1, 0.15) is 29.2 Å². The van der Waals surface area contributed by atoms with Gasteiger partial charge in [0.25, 0.3) is 11.8 Å². The summed E-state index contributed by atoms with van der Waals surface area (Å²) in [6.45, 7) is 7.36. The first-order valence-electron chi connectivity index (χ1n) is 11.9. The van der Waals surface area contributed by atoms with E-state index in [0.29, 0.717) is 20.4 Å². The molecule has 0 saturated carbocycles. The van der Waals surface area contributed by atoms with Gasteiger partial charge in [-0.1, -0.05) is 29.8 Å². The highest BCUT2D eigenvalue weighted by Crippen LogP contribution is 2.37. The molecule has 1 fully saturated rings. The van der Waals surface area contributed by atoms with Crippen molar-refractivity contribution in [2.24, 2.45) is 0 Å². The molecule has 0 bridgehead atoms. The molecule has 4 amide bonds. The van der Waals surface area contributed by atoms with E-state index in [-0.39, 0.29) is 28.6 Å². The van der Waals surface area contributed by atoms with E-state index in [9.17, 15) is 22.8 Å². The van der Waals surface area contributed by atoms with E-state index < -0.39 is 28.0 Å². The number of halogens is 1. The van der Waals surface area contributed by atoms with Gasteiger partial charge >= 0.3 is 16.1 Å². The van der Waals surface area contributed by atoms with E-state index in [2.05, 4.69) is 5.32 Å². The zero-order chi connectivity index (χ0) is 28.5. The quantitative estimate of drug-likeness (QED) is 0.163. The van der Waals surface area contributed by atoms with E-state index in [0.717, 1.165) is 16.0 Å². The molecule has 9 nitrogen and oxygen atoms in total. The smallest absolute Gasteiger partial charge is 0.339 e. The van der Waals surface area contributed by atoms with Crippen LogP contribution >= 0.6 is 22.6 Å². The first-order chi connectivity index (χ1) is 18.4. The molecular formula is C28H25IN2O7S. The Morgan fingerprint density at radius 3 is 2.28 bits per heavy atom. The summed E-state index contributed by atoms with van der Waals surface area (Å²) in [5.74, 6) is -1.54. The first kappa shape index (κ1) is 28.3. The lowest BCUT2D eigenvalue weighted by atomic mass is 10.0. The molecule has 0 spiro atoms. The minimum Gasteiger partial charge on any atom is -0.490 e. The molecule has 1 aliphatic rings. The fraction of sp³-hybridized carbons (Fsp3) is 0.179. The van der Waals surface area contributed by atoms with Gasteiger partial charge in [0.05, 0.1) is 15.9 Å². The zero-order valence-electron chi connectivity index (χ0n) is 21.6. The van der Waals surface area contributed by atoms with Crippen LogP contribution in [0.25, 0.3) is 6.08 Å². The number of benzene rings is 3. The predicted molar refractivity (Wildman–Crippen MR) is 154 cm³/mol. The molecule has 1 saturated heterocycles. The number of amides is 4.